The molecule has 1 unspecified atom stereocenters. The van der Waals surface area contributed by atoms with Gasteiger partial charge in [-0.05, 0) is 50.3 Å². The number of rotatable bonds is 6. The fraction of sp³-hybridized carbons (Fsp3) is 0.632. The van der Waals surface area contributed by atoms with Crippen LogP contribution >= 0.6 is 0 Å². The number of nitrogens with one attached hydrogen (secondary N) is 1. The first-order valence-corrected chi connectivity index (χ1v) is 8.84. The Bertz CT molecular complexity index is 519. The van der Waals surface area contributed by atoms with E-state index in [0.29, 0.717) is 13.1 Å². The number of carbonyl (C=O) groups excluding carboxylic acids is 1. The highest BCUT2D eigenvalue weighted by Crippen LogP contribution is 2.48. The van der Waals surface area contributed by atoms with Crippen LogP contribution in [0.4, 0.5) is 0 Å². The van der Waals surface area contributed by atoms with Gasteiger partial charge in [-0.25, -0.2) is 0 Å². The minimum Gasteiger partial charge on any atom is -0.390 e. The molecule has 0 radical (unpaired) electrons. The van der Waals surface area contributed by atoms with Crippen molar-refractivity contribution in [3.63, 3.8) is 0 Å². The molecule has 1 atom stereocenters. The van der Waals surface area contributed by atoms with Crippen molar-refractivity contribution in [1.29, 1.82) is 0 Å². The van der Waals surface area contributed by atoms with E-state index in [-0.39, 0.29) is 11.3 Å². The average molecular weight is 316 g/mol. The largest absolute Gasteiger partial charge is 0.390 e. The first-order valence-electron chi connectivity index (χ1n) is 8.84. The van der Waals surface area contributed by atoms with Crippen molar-refractivity contribution in [2.45, 2.75) is 44.1 Å². The van der Waals surface area contributed by atoms with Crippen molar-refractivity contribution >= 4 is 5.91 Å². The molecule has 0 spiro atoms. The molecule has 126 valence electrons. The third kappa shape index (κ3) is 3.93. The van der Waals surface area contributed by atoms with E-state index in [1.54, 1.807) is 0 Å². The van der Waals surface area contributed by atoms with E-state index >= 15 is 0 Å². The number of β-amino-alcohol motifs (C(OH)–C–C–N with tert-alkyl or cyclic N) is 1. The van der Waals surface area contributed by atoms with Crippen LogP contribution in [0.25, 0.3) is 0 Å². The summed E-state index contributed by atoms with van der Waals surface area (Å²) < 4.78 is 0. The van der Waals surface area contributed by atoms with Crippen molar-refractivity contribution in [3.05, 3.63) is 35.9 Å². The van der Waals surface area contributed by atoms with Crippen LogP contribution in [0.15, 0.2) is 30.3 Å². The highest BCUT2D eigenvalue weighted by Gasteiger charge is 2.51. The first kappa shape index (κ1) is 16.5. The standard InChI is InChI=1S/C19H28N2O2/c1-15-7-11-21(12-8-15)14-17(22)13-20-18(23)19(9-10-19)16-5-3-2-4-6-16/h2-6,15,17,22H,7-14H2,1H3,(H,20,23). The average Bonchev–Trinajstić information content (AvgIpc) is 3.37. The van der Waals surface area contributed by atoms with Gasteiger partial charge in [0.15, 0.2) is 0 Å². The van der Waals surface area contributed by atoms with Crippen LogP contribution in [-0.2, 0) is 10.2 Å². The van der Waals surface area contributed by atoms with Gasteiger partial charge in [-0.2, -0.15) is 0 Å². The van der Waals surface area contributed by atoms with Crippen molar-refractivity contribution in [2.75, 3.05) is 26.2 Å². The van der Waals surface area contributed by atoms with E-state index in [4.69, 9.17) is 0 Å². The maximum absolute atomic E-state index is 12.5. The second-order valence-corrected chi connectivity index (χ2v) is 7.30. The molecule has 23 heavy (non-hydrogen) atoms. The highest BCUT2D eigenvalue weighted by atomic mass is 16.3. The van der Waals surface area contributed by atoms with Gasteiger partial charge in [-0.15, -0.1) is 0 Å². The molecule has 0 bridgehead atoms. The maximum atomic E-state index is 12.5. The van der Waals surface area contributed by atoms with Crippen LogP contribution in [0.3, 0.4) is 0 Å². The lowest BCUT2D eigenvalue weighted by molar-refractivity contribution is -0.124. The summed E-state index contributed by atoms with van der Waals surface area (Å²) in [6, 6.07) is 9.99. The Labute approximate surface area is 138 Å². The third-order valence-electron chi connectivity index (χ3n) is 5.35. The Morgan fingerprint density at radius 2 is 1.96 bits per heavy atom. The molecule has 0 aromatic heterocycles. The topological polar surface area (TPSA) is 52.6 Å². The predicted molar refractivity (Wildman–Crippen MR) is 91.2 cm³/mol. The summed E-state index contributed by atoms with van der Waals surface area (Å²) in [6.07, 6.45) is 3.73. The van der Waals surface area contributed by atoms with Crippen molar-refractivity contribution in [1.82, 2.24) is 10.2 Å². The zero-order chi connectivity index (χ0) is 16.3. The molecule has 1 saturated carbocycles. The number of hydrogen-bond acceptors (Lipinski definition) is 3. The van der Waals surface area contributed by atoms with Crippen molar-refractivity contribution in [3.8, 4) is 0 Å². The second kappa shape index (κ2) is 7.02. The van der Waals surface area contributed by atoms with E-state index in [2.05, 4.69) is 17.1 Å². The summed E-state index contributed by atoms with van der Waals surface area (Å²) in [4.78, 5) is 14.8. The highest BCUT2D eigenvalue weighted by molar-refractivity contribution is 5.91. The molecule has 1 aromatic carbocycles. The van der Waals surface area contributed by atoms with Gasteiger partial charge in [0, 0.05) is 13.1 Å². The molecule has 2 aliphatic rings. The SMILES string of the molecule is CC1CCN(CC(O)CNC(=O)C2(c3ccccc3)CC2)CC1. The summed E-state index contributed by atoms with van der Waals surface area (Å²) in [5.74, 6) is 0.860. The van der Waals surface area contributed by atoms with Crippen LogP contribution in [-0.4, -0.2) is 48.2 Å². The maximum Gasteiger partial charge on any atom is 0.230 e. The van der Waals surface area contributed by atoms with Crippen LogP contribution in [0.1, 0.15) is 38.2 Å². The Morgan fingerprint density at radius 3 is 2.57 bits per heavy atom. The van der Waals surface area contributed by atoms with Gasteiger partial charge >= 0.3 is 0 Å². The lowest BCUT2D eigenvalue weighted by Gasteiger charge is -2.31. The lowest BCUT2D eigenvalue weighted by atomic mass is 9.95. The Morgan fingerprint density at radius 1 is 1.30 bits per heavy atom. The minimum atomic E-state index is -0.487. The first-order chi connectivity index (χ1) is 11.1. The smallest absolute Gasteiger partial charge is 0.230 e. The predicted octanol–water partition coefficient (Wildman–Crippen LogP) is 1.93. The fourth-order valence-corrected chi connectivity index (χ4v) is 3.52. The van der Waals surface area contributed by atoms with Crippen LogP contribution in [0.2, 0.25) is 0 Å². The lowest BCUT2D eigenvalue weighted by Crippen LogP contribution is -2.45. The Hall–Kier alpha value is -1.39. The summed E-state index contributed by atoms with van der Waals surface area (Å²) >= 11 is 0. The van der Waals surface area contributed by atoms with E-state index < -0.39 is 6.10 Å². The van der Waals surface area contributed by atoms with Gasteiger partial charge in [0.25, 0.3) is 0 Å². The zero-order valence-corrected chi connectivity index (χ0v) is 14.0. The number of piperidine rings is 1. The number of aliphatic hydroxyl groups is 1. The number of nitrogens with zero attached hydrogens (tertiary/aromatic N) is 1. The Balaban J connectivity index is 1.46. The molecule has 1 aliphatic carbocycles. The molecule has 4 nitrogen and oxygen atoms in total. The summed E-state index contributed by atoms with van der Waals surface area (Å²) in [5.41, 5.74) is 0.749. The molecule has 1 heterocycles. The number of aliphatic hydroxyl groups excluding tert-OH is 1. The monoisotopic (exact) mass is 316 g/mol. The van der Waals surface area contributed by atoms with Crippen molar-refractivity contribution in [2.24, 2.45) is 5.92 Å². The number of carbonyl (C=O) groups is 1. The molecule has 1 aliphatic heterocycles. The number of benzene rings is 1. The molecule has 1 saturated heterocycles. The summed E-state index contributed by atoms with van der Waals surface area (Å²) in [7, 11) is 0. The molecule has 2 fully saturated rings. The molecule has 1 aromatic rings. The minimum absolute atomic E-state index is 0.0648. The molecular weight excluding hydrogens is 288 g/mol. The number of hydrogen-bond donors (Lipinski definition) is 2. The van der Waals surface area contributed by atoms with Crippen LogP contribution in [0.5, 0.6) is 0 Å². The second-order valence-electron chi connectivity index (χ2n) is 7.30. The van der Waals surface area contributed by atoms with E-state index in [1.165, 1.54) is 12.8 Å². The van der Waals surface area contributed by atoms with Gasteiger partial charge in [0.2, 0.25) is 5.91 Å². The van der Waals surface area contributed by atoms with Gasteiger partial charge in [-0.1, -0.05) is 37.3 Å². The molecule has 4 heteroatoms. The number of amides is 1. The summed E-state index contributed by atoms with van der Waals surface area (Å²) in [6.45, 7) is 5.40. The van der Waals surface area contributed by atoms with E-state index in [0.717, 1.165) is 37.4 Å². The van der Waals surface area contributed by atoms with Gasteiger partial charge in [-0.3, -0.25) is 4.79 Å². The fourth-order valence-electron chi connectivity index (χ4n) is 3.52. The van der Waals surface area contributed by atoms with E-state index in [9.17, 15) is 9.90 Å². The quantitative estimate of drug-likeness (QED) is 0.843. The van der Waals surface area contributed by atoms with Crippen LogP contribution in [0, 0.1) is 5.92 Å². The zero-order valence-electron chi connectivity index (χ0n) is 14.0. The molecule has 2 N–H and O–H groups in total. The number of likely N-dealkylation sites (tertiary alicyclic amines) is 1. The van der Waals surface area contributed by atoms with Gasteiger partial charge in [0.1, 0.15) is 0 Å². The third-order valence-corrected chi connectivity index (χ3v) is 5.35. The molecular formula is C19H28N2O2. The normalized spacial score (nSPS) is 22.5. The van der Waals surface area contributed by atoms with E-state index in [1.807, 2.05) is 30.3 Å². The summed E-state index contributed by atoms with van der Waals surface area (Å²) in [5, 5.41) is 13.2. The van der Waals surface area contributed by atoms with Crippen LogP contribution < -0.4 is 5.32 Å². The molecule has 3 rings (SSSR count). The Kier molecular flexibility index (Phi) is 5.02. The van der Waals surface area contributed by atoms with Gasteiger partial charge in [0.05, 0.1) is 11.5 Å². The van der Waals surface area contributed by atoms with Crippen molar-refractivity contribution < 1.29 is 9.90 Å². The molecule has 1 amide bonds. The van der Waals surface area contributed by atoms with Gasteiger partial charge < -0.3 is 15.3 Å².